The van der Waals surface area contributed by atoms with Gasteiger partial charge in [-0.25, -0.2) is 24.3 Å². The molecular formula is C28H29FN10O2. The number of carbonyl (C=O) groups excluding carboxylic acids is 1. The number of halogens is 1. The van der Waals surface area contributed by atoms with Crippen LogP contribution in [-0.2, 0) is 11.8 Å². The number of rotatable bonds is 8. The van der Waals surface area contributed by atoms with Crippen LogP contribution >= 0.6 is 0 Å². The van der Waals surface area contributed by atoms with E-state index in [1.807, 2.05) is 56.3 Å². The molecule has 1 saturated heterocycles. The fourth-order valence-electron chi connectivity index (χ4n) is 4.91. The van der Waals surface area contributed by atoms with E-state index < -0.39 is 5.82 Å². The molecule has 1 aromatic carbocycles. The standard InChI is InChI=1S/C28H29FN10O2/c1-16-10-31-27(35-23-9-17(2)38(3)37-23)36-25(16)21-13-30-26-20(21)5-4-6-22(26)34-24(40)15-39-8-7-19(14-39)41-28-32-11-18(29)12-33-28/h4-6,9-13,19,30H,7-8,14-15H2,1-3H3,(H,34,40)(H,31,35,36,37). The molecule has 4 aromatic heterocycles. The van der Waals surface area contributed by atoms with Crippen LogP contribution in [0.5, 0.6) is 6.01 Å². The van der Waals surface area contributed by atoms with Crippen LogP contribution < -0.4 is 15.4 Å². The second-order valence-electron chi connectivity index (χ2n) is 10.1. The van der Waals surface area contributed by atoms with E-state index in [4.69, 9.17) is 9.72 Å². The van der Waals surface area contributed by atoms with Gasteiger partial charge in [-0.15, -0.1) is 0 Å². The number of para-hydroxylation sites is 1. The molecule has 5 heterocycles. The Balaban J connectivity index is 1.14. The van der Waals surface area contributed by atoms with Gasteiger partial charge < -0.3 is 20.4 Å². The van der Waals surface area contributed by atoms with E-state index in [-0.39, 0.29) is 24.6 Å². The van der Waals surface area contributed by atoms with Crippen molar-refractivity contribution in [2.24, 2.45) is 7.05 Å². The summed E-state index contributed by atoms with van der Waals surface area (Å²) in [5.74, 6) is 0.461. The molecular weight excluding hydrogens is 527 g/mol. The Morgan fingerprint density at radius 2 is 2.02 bits per heavy atom. The van der Waals surface area contributed by atoms with Crippen LogP contribution in [0.1, 0.15) is 17.7 Å². The normalized spacial score (nSPS) is 15.4. The second kappa shape index (κ2) is 10.9. The smallest absolute Gasteiger partial charge is 0.316 e. The fraction of sp³-hybridized carbons (Fsp3) is 0.286. The van der Waals surface area contributed by atoms with Crippen molar-refractivity contribution >= 4 is 34.3 Å². The predicted molar refractivity (Wildman–Crippen MR) is 151 cm³/mol. The lowest BCUT2D eigenvalue weighted by Gasteiger charge is -2.16. The number of benzene rings is 1. The lowest BCUT2D eigenvalue weighted by atomic mass is 10.1. The second-order valence-corrected chi connectivity index (χ2v) is 10.1. The number of aromatic amines is 1. The highest BCUT2D eigenvalue weighted by molar-refractivity contribution is 6.06. The Kier molecular flexibility index (Phi) is 7.01. The van der Waals surface area contributed by atoms with Gasteiger partial charge in [0.2, 0.25) is 11.9 Å². The number of aryl methyl sites for hydroxylation is 3. The van der Waals surface area contributed by atoms with Crippen molar-refractivity contribution in [2.75, 3.05) is 30.3 Å². The zero-order valence-electron chi connectivity index (χ0n) is 22.8. The number of H-pyrrole nitrogens is 1. The lowest BCUT2D eigenvalue weighted by Crippen LogP contribution is -2.33. The molecule has 1 aliphatic heterocycles. The minimum absolute atomic E-state index is 0.130. The third-order valence-electron chi connectivity index (χ3n) is 7.04. The van der Waals surface area contributed by atoms with E-state index in [0.717, 1.165) is 52.2 Å². The number of nitrogens with one attached hydrogen (secondary N) is 3. The summed E-state index contributed by atoms with van der Waals surface area (Å²) in [6.45, 7) is 5.39. The molecule has 5 aromatic rings. The lowest BCUT2D eigenvalue weighted by molar-refractivity contribution is -0.117. The first-order chi connectivity index (χ1) is 19.8. The molecule has 12 nitrogen and oxygen atoms in total. The number of ether oxygens (including phenoxy) is 1. The molecule has 1 aliphatic rings. The number of anilines is 3. The Hall–Kier alpha value is -4.91. The fourth-order valence-corrected chi connectivity index (χ4v) is 4.91. The minimum atomic E-state index is -0.518. The summed E-state index contributed by atoms with van der Waals surface area (Å²) in [5, 5.41) is 11.6. The Morgan fingerprint density at radius 3 is 2.80 bits per heavy atom. The highest BCUT2D eigenvalue weighted by atomic mass is 19.1. The number of hydrogen-bond donors (Lipinski definition) is 3. The first-order valence-corrected chi connectivity index (χ1v) is 13.2. The quantitative estimate of drug-likeness (QED) is 0.261. The van der Waals surface area contributed by atoms with Crippen LogP contribution in [0.4, 0.5) is 21.8 Å². The van der Waals surface area contributed by atoms with Crippen LogP contribution in [0, 0.1) is 19.7 Å². The zero-order chi connectivity index (χ0) is 28.5. The molecule has 0 aliphatic carbocycles. The third kappa shape index (κ3) is 5.70. The summed E-state index contributed by atoms with van der Waals surface area (Å²) in [4.78, 5) is 35.2. The zero-order valence-corrected chi connectivity index (χ0v) is 22.8. The first kappa shape index (κ1) is 26.3. The van der Waals surface area contributed by atoms with E-state index in [1.165, 1.54) is 0 Å². The monoisotopic (exact) mass is 556 g/mol. The average molecular weight is 557 g/mol. The Labute approximate surface area is 235 Å². The van der Waals surface area contributed by atoms with Crippen molar-refractivity contribution in [1.82, 2.24) is 39.6 Å². The summed E-state index contributed by atoms with van der Waals surface area (Å²) >= 11 is 0. The average Bonchev–Trinajstić information content (AvgIpc) is 3.66. The summed E-state index contributed by atoms with van der Waals surface area (Å²) in [7, 11) is 1.88. The molecule has 0 radical (unpaired) electrons. The van der Waals surface area contributed by atoms with Gasteiger partial charge in [0.1, 0.15) is 6.10 Å². The molecule has 3 N–H and O–H groups in total. The van der Waals surface area contributed by atoms with Gasteiger partial charge in [-0.2, -0.15) is 5.10 Å². The van der Waals surface area contributed by atoms with Crippen molar-refractivity contribution in [3.63, 3.8) is 0 Å². The minimum Gasteiger partial charge on any atom is -0.459 e. The number of aromatic nitrogens is 7. The largest absolute Gasteiger partial charge is 0.459 e. The van der Waals surface area contributed by atoms with Crippen molar-refractivity contribution in [3.8, 4) is 17.3 Å². The SMILES string of the molecule is Cc1cnc(Nc2cc(C)n(C)n2)nc1-c1c[nH]c2c(NC(=O)CN3CCC(Oc4ncc(F)cn4)C3)cccc12. The summed E-state index contributed by atoms with van der Waals surface area (Å²) in [6.07, 6.45) is 6.36. The van der Waals surface area contributed by atoms with E-state index >= 15 is 0 Å². The number of amides is 1. The summed E-state index contributed by atoms with van der Waals surface area (Å²) < 4.78 is 20.6. The molecule has 6 rings (SSSR count). The highest BCUT2D eigenvalue weighted by Gasteiger charge is 2.26. The number of carbonyl (C=O) groups is 1. The maximum atomic E-state index is 13.0. The van der Waals surface area contributed by atoms with Crippen molar-refractivity contribution in [3.05, 3.63) is 66.1 Å². The van der Waals surface area contributed by atoms with Gasteiger partial charge in [0.25, 0.3) is 0 Å². The molecule has 1 amide bonds. The van der Waals surface area contributed by atoms with Crippen molar-refractivity contribution < 1.29 is 13.9 Å². The molecule has 41 heavy (non-hydrogen) atoms. The Bertz CT molecular complexity index is 1700. The maximum absolute atomic E-state index is 13.0. The van der Waals surface area contributed by atoms with Crippen molar-refractivity contribution in [1.29, 1.82) is 0 Å². The number of likely N-dealkylation sites (tertiary alicyclic amines) is 1. The van der Waals surface area contributed by atoms with Crippen LogP contribution in [0.2, 0.25) is 0 Å². The van der Waals surface area contributed by atoms with Gasteiger partial charge >= 0.3 is 6.01 Å². The number of nitrogens with zero attached hydrogens (tertiary/aromatic N) is 7. The molecule has 1 atom stereocenters. The first-order valence-electron chi connectivity index (χ1n) is 13.2. The maximum Gasteiger partial charge on any atom is 0.316 e. The molecule has 0 bridgehead atoms. The molecule has 210 valence electrons. The van der Waals surface area contributed by atoms with Crippen LogP contribution in [0.15, 0.2) is 49.1 Å². The topological polar surface area (TPSA) is 139 Å². The van der Waals surface area contributed by atoms with Gasteiger partial charge in [-0.3, -0.25) is 14.4 Å². The molecule has 13 heteroatoms. The van der Waals surface area contributed by atoms with Gasteiger partial charge in [-0.05, 0) is 31.9 Å². The predicted octanol–water partition coefficient (Wildman–Crippen LogP) is 3.74. The van der Waals surface area contributed by atoms with Crippen LogP contribution in [-0.4, -0.2) is 71.2 Å². The number of fused-ring (bicyclic) bond motifs is 1. The van der Waals surface area contributed by atoms with Gasteiger partial charge in [0.15, 0.2) is 11.6 Å². The van der Waals surface area contributed by atoms with E-state index in [1.54, 1.807) is 10.9 Å². The number of hydrogen-bond acceptors (Lipinski definition) is 9. The third-order valence-corrected chi connectivity index (χ3v) is 7.04. The molecule has 0 spiro atoms. The molecule has 1 unspecified atom stereocenters. The van der Waals surface area contributed by atoms with E-state index in [0.29, 0.717) is 30.5 Å². The molecule has 0 saturated carbocycles. The van der Waals surface area contributed by atoms with Gasteiger partial charge in [0, 0.05) is 55.2 Å². The summed E-state index contributed by atoms with van der Waals surface area (Å²) in [5.41, 5.74) is 5.10. The van der Waals surface area contributed by atoms with E-state index in [2.05, 4.69) is 35.7 Å². The van der Waals surface area contributed by atoms with Gasteiger partial charge in [0.05, 0.1) is 35.8 Å². The van der Waals surface area contributed by atoms with Crippen LogP contribution in [0.3, 0.4) is 0 Å². The van der Waals surface area contributed by atoms with E-state index in [9.17, 15) is 9.18 Å². The summed E-state index contributed by atoms with van der Waals surface area (Å²) in [6, 6.07) is 7.83. The molecule has 1 fully saturated rings. The van der Waals surface area contributed by atoms with Crippen molar-refractivity contribution in [2.45, 2.75) is 26.4 Å². The van der Waals surface area contributed by atoms with Gasteiger partial charge in [-0.1, -0.05) is 12.1 Å². The highest BCUT2D eigenvalue weighted by Crippen LogP contribution is 2.33. The van der Waals surface area contributed by atoms with Crippen LogP contribution in [0.25, 0.3) is 22.2 Å². The Morgan fingerprint density at radius 1 is 1.20 bits per heavy atom.